The Morgan fingerprint density at radius 3 is 2.67 bits per heavy atom. The molecule has 1 rings (SSSR count). The molecule has 0 amide bonds. The molecule has 5 heteroatoms. The number of hydrogen-bond donors (Lipinski definition) is 2. The fourth-order valence-corrected chi connectivity index (χ4v) is 1.47. The van der Waals surface area contributed by atoms with Gasteiger partial charge in [-0.25, -0.2) is 0 Å². The summed E-state index contributed by atoms with van der Waals surface area (Å²) in [5.74, 6) is 0.648. The van der Waals surface area contributed by atoms with E-state index in [2.05, 4.69) is 5.32 Å². The Hall–Kier alpha value is -1.30. The van der Waals surface area contributed by atoms with Gasteiger partial charge in [-0.3, -0.25) is 0 Å². The monoisotopic (exact) mass is 255 g/mol. The predicted octanol–water partition coefficient (Wildman–Crippen LogP) is 1.15. The van der Waals surface area contributed by atoms with Gasteiger partial charge in [-0.15, -0.1) is 0 Å². The zero-order valence-corrected chi connectivity index (χ0v) is 10.9. The predicted molar refractivity (Wildman–Crippen MR) is 69.1 cm³/mol. The lowest BCUT2D eigenvalue weighted by atomic mass is 10.2. The normalized spacial score (nSPS) is 10.6. The maximum Gasteiger partial charge on any atom is 0.160 e. The number of rotatable bonds is 9. The summed E-state index contributed by atoms with van der Waals surface area (Å²) in [5.41, 5.74) is 1.00. The van der Waals surface area contributed by atoms with Crippen molar-refractivity contribution in [2.75, 3.05) is 40.6 Å². The van der Waals surface area contributed by atoms with Crippen LogP contribution in [-0.4, -0.2) is 45.7 Å². The van der Waals surface area contributed by atoms with Crippen molar-refractivity contribution in [2.24, 2.45) is 0 Å². The number of benzene rings is 1. The van der Waals surface area contributed by atoms with Gasteiger partial charge in [-0.05, 0) is 17.7 Å². The zero-order valence-electron chi connectivity index (χ0n) is 10.9. The number of nitrogens with one attached hydrogen (secondary N) is 1. The molecule has 0 saturated heterocycles. The van der Waals surface area contributed by atoms with E-state index in [4.69, 9.17) is 14.2 Å². The Bertz CT molecular complexity index is 344. The van der Waals surface area contributed by atoms with Crippen LogP contribution in [0.1, 0.15) is 5.56 Å². The lowest BCUT2D eigenvalue weighted by Crippen LogP contribution is -2.20. The van der Waals surface area contributed by atoms with Crippen molar-refractivity contribution in [1.29, 1.82) is 0 Å². The number of phenolic OH excluding ortho intramolecular Hbond substituents is 1. The number of phenols is 1. The van der Waals surface area contributed by atoms with Gasteiger partial charge in [0.25, 0.3) is 0 Å². The first-order valence-electron chi connectivity index (χ1n) is 5.91. The van der Waals surface area contributed by atoms with E-state index in [9.17, 15) is 5.11 Å². The molecule has 5 nitrogen and oxygen atoms in total. The minimum Gasteiger partial charge on any atom is -0.504 e. The molecule has 0 aromatic heterocycles. The molecule has 0 bridgehead atoms. The van der Waals surface area contributed by atoms with E-state index in [1.54, 1.807) is 19.2 Å². The number of ether oxygens (including phenoxy) is 3. The average Bonchev–Trinajstić information content (AvgIpc) is 2.38. The second-order valence-corrected chi connectivity index (χ2v) is 3.79. The van der Waals surface area contributed by atoms with Crippen LogP contribution in [0.5, 0.6) is 11.5 Å². The number of hydrogen-bond acceptors (Lipinski definition) is 5. The molecule has 0 atom stereocenters. The van der Waals surface area contributed by atoms with Crippen LogP contribution in [-0.2, 0) is 16.0 Å². The summed E-state index contributed by atoms with van der Waals surface area (Å²) in [6.45, 7) is 3.32. The largest absolute Gasteiger partial charge is 0.504 e. The highest BCUT2D eigenvalue weighted by molar-refractivity contribution is 5.41. The molecule has 2 N–H and O–H groups in total. The van der Waals surface area contributed by atoms with Crippen LogP contribution in [0, 0.1) is 0 Å². The third kappa shape index (κ3) is 5.35. The summed E-state index contributed by atoms with van der Waals surface area (Å²) < 4.78 is 15.2. The van der Waals surface area contributed by atoms with Crippen LogP contribution in [0.4, 0.5) is 0 Å². The van der Waals surface area contributed by atoms with Gasteiger partial charge in [0, 0.05) is 20.2 Å². The van der Waals surface area contributed by atoms with Crippen LogP contribution in [0.15, 0.2) is 18.2 Å². The molecule has 0 unspecified atom stereocenters. The first-order chi connectivity index (χ1) is 8.77. The van der Waals surface area contributed by atoms with Crippen molar-refractivity contribution in [1.82, 2.24) is 5.32 Å². The van der Waals surface area contributed by atoms with Crippen LogP contribution in [0.2, 0.25) is 0 Å². The van der Waals surface area contributed by atoms with Crippen molar-refractivity contribution in [3.8, 4) is 11.5 Å². The van der Waals surface area contributed by atoms with Gasteiger partial charge in [0.1, 0.15) is 0 Å². The summed E-state index contributed by atoms with van der Waals surface area (Å²) in [4.78, 5) is 0. The molecule has 0 heterocycles. The minimum absolute atomic E-state index is 0.160. The quantitative estimate of drug-likeness (QED) is 0.648. The summed E-state index contributed by atoms with van der Waals surface area (Å²) >= 11 is 0. The standard InChI is InChI=1S/C13H21NO4/c1-16-7-8-18-6-5-14-10-11-3-4-13(17-2)12(15)9-11/h3-4,9,14-15H,5-8,10H2,1-2H3. The first kappa shape index (κ1) is 14.8. The topological polar surface area (TPSA) is 60.0 Å². The van der Waals surface area contributed by atoms with Crippen molar-refractivity contribution < 1.29 is 19.3 Å². The van der Waals surface area contributed by atoms with Crippen molar-refractivity contribution in [2.45, 2.75) is 6.54 Å². The molecule has 0 spiro atoms. The van der Waals surface area contributed by atoms with Crippen LogP contribution < -0.4 is 10.1 Å². The molecular formula is C13H21NO4. The fraction of sp³-hybridized carbons (Fsp3) is 0.538. The highest BCUT2D eigenvalue weighted by Crippen LogP contribution is 2.25. The van der Waals surface area contributed by atoms with E-state index in [0.717, 1.165) is 12.1 Å². The van der Waals surface area contributed by atoms with E-state index in [1.165, 1.54) is 7.11 Å². The SMILES string of the molecule is COCCOCCNCc1ccc(OC)c(O)c1. The maximum absolute atomic E-state index is 9.60. The van der Waals surface area contributed by atoms with E-state index in [0.29, 0.717) is 32.1 Å². The van der Waals surface area contributed by atoms with Crippen molar-refractivity contribution >= 4 is 0 Å². The molecule has 0 aliphatic carbocycles. The van der Waals surface area contributed by atoms with Gasteiger partial charge in [-0.2, -0.15) is 0 Å². The zero-order chi connectivity index (χ0) is 13.2. The molecule has 1 aromatic carbocycles. The smallest absolute Gasteiger partial charge is 0.160 e. The van der Waals surface area contributed by atoms with Gasteiger partial charge in [0.2, 0.25) is 0 Å². The van der Waals surface area contributed by atoms with E-state index < -0.39 is 0 Å². The average molecular weight is 255 g/mol. The van der Waals surface area contributed by atoms with Crippen LogP contribution >= 0.6 is 0 Å². The second kappa shape index (κ2) is 8.74. The van der Waals surface area contributed by atoms with Gasteiger partial charge in [0.15, 0.2) is 11.5 Å². The first-order valence-corrected chi connectivity index (χ1v) is 5.91. The minimum atomic E-state index is 0.160. The number of aromatic hydroxyl groups is 1. The highest BCUT2D eigenvalue weighted by Gasteiger charge is 2.01. The third-order valence-corrected chi connectivity index (χ3v) is 2.43. The van der Waals surface area contributed by atoms with Crippen LogP contribution in [0.25, 0.3) is 0 Å². The Kier molecular flexibility index (Phi) is 7.17. The summed E-state index contributed by atoms with van der Waals surface area (Å²) in [6.07, 6.45) is 0. The van der Waals surface area contributed by atoms with E-state index >= 15 is 0 Å². The molecule has 102 valence electrons. The highest BCUT2D eigenvalue weighted by atomic mass is 16.5. The molecule has 1 aromatic rings. The van der Waals surface area contributed by atoms with Gasteiger partial charge >= 0.3 is 0 Å². The maximum atomic E-state index is 9.60. The molecular weight excluding hydrogens is 234 g/mol. The van der Waals surface area contributed by atoms with Gasteiger partial charge in [0.05, 0.1) is 26.9 Å². The molecule has 0 aliphatic rings. The second-order valence-electron chi connectivity index (χ2n) is 3.79. The molecule has 0 saturated carbocycles. The van der Waals surface area contributed by atoms with Crippen LogP contribution in [0.3, 0.4) is 0 Å². The van der Waals surface area contributed by atoms with Gasteiger partial charge in [-0.1, -0.05) is 6.07 Å². The Morgan fingerprint density at radius 1 is 1.17 bits per heavy atom. The molecule has 0 fully saturated rings. The summed E-state index contributed by atoms with van der Waals surface area (Å²) in [6, 6.07) is 5.36. The third-order valence-electron chi connectivity index (χ3n) is 2.43. The lowest BCUT2D eigenvalue weighted by molar-refractivity contribution is 0.0719. The van der Waals surface area contributed by atoms with E-state index in [-0.39, 0.29) is 5.75 Å². The fourth-order valence-electron chi connectivity index (χ4n) is 1.47. The Morgan fingerprint density at radius 2 is 2.00 bits per heavy atom. The van der Waals surface area contributed by atoms with E-state index in [1.807, 2.05) is 6.07 Å². The van der Waals surface area contributed by atoms with Gasteiger partial charge < -0.3 is 24.6 Å². The van der Waals surface area contributed by atoms with Crippen molar-refractivity contribution in [3.05, 3.63) is 23.8 Å². The van der Waals surface area contributed by atoms with Crippen molar-refractivity contribution in [3.63, 3.8) is 0 Å². The Labute approximate surface area is 108 Å². The number of methoxy groups -OCH3 is 2. The molecule has 0 radical (unpaired) electrons. The summed E-state index contributed by atoms with van der Waals surface area (Å²) in [7, 11) is 3.18. The molecule has 0 aliphatic heterocycles. The summed E-state index contributed by atoms with van der Waals surface area (Å²) in [5, 5.41) is 12.8. The molecule has 18 heavy (non-hydrogen) atoms. The Balaban J connectivity index is 2.17. The lowest BCUT2D eigenvalue weighted by Gasteiger charge is -2.08.